The lowest BCUT2D eigenvalue weighted by molar-refractivity contribution is 0.0864. The van der Waals surface area contributed by atoms with Gasteiger partial charge in [-0.15, -0.1) is 12.4 Å². The summed E-state index contributed by atoms with van der Waals surface area (Å²) >= 11 is 0. The van der Waals surface area contributed by atoms with Crippen molar-refractivity contribution in [1.29, 1.82) is 0 Å². The Hall–Kier alpha value is 0.180. The average Bonchev–Trinajstić information content (AvgIpc) is 1.61. The van der Waals surface area contributed by atoms with Crippen LogP contribution in [-0.4, -0.2) is 18.8 Å². The van der Waals surface area contributed by atoms with Crippen LogP contribution in [0.2, 0.25) is 0 Å². The second-order valence-electron chi connectivity index (χ2n) is 2.11. The van der Waals surface area contributed by atoms with Crippen molar-refractivity contribution in [2.45, 2.75) is 19.0 Å². The number of nitrogens with one attached hydrogen (secondary N) is 1. The Morgan fingerprint density at radius 1 is 1.62 bits per heavy atom. The maximum atomic E-state index is 12.6. The van der Waals surface area contributed by atoms with E-state index in [0.717, 1.165) is 0 Å². The molecule has 0 unspecified atom stereocenters. The Morgan fingerprint density at radius 2 is 2.12 bits per heavy atom. The maximum Gasteiger partial charge on any atom is 0.135 e. The van der Waals surface area contributed by atoms with Crippen LogP contribution in [-0.2, 0) is 0 Å². The molecular formula is C5H11ClFN. The lowest BCUT2D eigenvalue weighted by atomic mass is 9.97. The van der Waals surface area contributed by atoms with E-state index in [2.05, 4.69) is 5.32 Å². The van der Waals surface area contributed by atoms with E-state index in [1.54, 1.807) is 0 Å². The van der Waals surface area contributed by atoms with Crippen molar-refractivity contribution in [2.75, 3.05) is 13.1 Å². The molecule has 3 heteroatoms. The fourth-order valence-corrected chi connectivity index (χ4v) is 0.646. The van der Waals surface area contributed by atoms with Crippen LogP contribution in [0.15, 0.2) is 0 Å². The molecule has 0 atom stereocenters. The summed E-state index contributed by atoms with van der Waals surface area (Å²) in [5.41, 5.74) is -0.847. The number of rotatable bonds is 1. The molecule has 1 N–H and O–H groups in total. The molecule has 0 aromatic carbocycles. The van der Waals surface area contributed by atoms with Gasteiger partial charge in [-0.1, -0.05) is 6.92 Å². The third kappa shape index (κ3) is 1.33. The minimum Gasteiger partial charge on any atom is -0.310 e. The van der Waals surface area contributed by atoms with E-state index in [-0.39, 0.29) is 12.4 Å². The molecule has 1 heterocycles. The van der Waals surface area contributed by atoms with Crippen molar-refractivity contribution in [1.82, 2.24) is 5.32 Å². The fraction of sp³-hybridized carbons (Fsp3) is 1.00. The molecule has 0 radical (unpaired) electrons. The van der Waals surface area contributed by atoms with Crippen molar-refractivity contribution in [3.63, 3.8) is 0 Å². The van der Waals surface area contributed by atoms with Gasteiger partial charge < -0.3 is 5.32 Å². The molecule has 8 heavy (non-hydrogen) atoms. The molecule has 1 fully saturated rings. The fourth-order valence-electron chi connectivity index (χ4n) is 0.646. The topological polar surface area (TPSA) is 12.0 Å². The molecule has 50 valence electrons. The first-order valence-corrected chi connectivity index (χ1v) is 2.66. The van der Waals surface area contributed by atoms with Gasteiger partial charge in [0.15, 0.2) is 0 Å². The van der Waals surface area contributed by atoms with Gasteiger partial charge in [-0.25, -0.2) is 4.39 Å². The van der Waals surface area contributed by atoms with Crippen molar-refractivity contribution in [3.05, 3.63) is 0 Å². The minimum absolute atomic E-state index is 0. The van der Waals surface area contributed by atoms with Crippen LogP contribution in [0.5, 0.6) is 0 Å². The number of halogens is 2. The Morgan fingerprint density at radius 3 is 2.12 bits per heavy atom. The molecule has 0 spiro atoms. The van der Waals surface area contributed by atoms with E-state index in [9.17, 15) is 4.39 Å². The van der Waals surface area contributed by atoms with E-state index in [1.807, 2.05) is 6.92 Å². The normalized spacial score (nSPS) is 23.2. The van der Waals surface area contributed by atoms with Crippen LogP contribution >= 0.6 is 12.4 Å². The smallest absolute Gasteiger partial charge is 0.135 e. The Kier molecular flexibility index (Phi) is 2.71. The average molecular weight is 140 g/mol. The first kappa shape index (κ1) is 8.18. The lowest BCUT2D eigenvalue weighted by Crippen LogP contribution is -2.55. The van der Waals surface area contributed by atoms with Crippen molar-refractivity contribution >= 4 is 12.4 Å². The quantitative estimate of drug-likeness (QED) is 0.575. The third-order valence-electron chi connectivity index (χ3n) is 1.52. The van der Waals surface area contributed by atoms with E-state index in [4.69, 9.17) is 0 Å². The molecule has 0 bridgehead atoms. The largest absolute Gasteiger partial charge is 0.310 e. The molecular weight excluding hydrogens is 129 g/mol. The molecule has 0 amide bonds. The first-order chi connectivity index (χ1) is 3.27. The van der Waals surface area contributed by atoms with Crippen LogP contribution in [0.25, 0.3) is 0 Å². The summed E-state index contributed by atoms with van der Waals surface area (Å²) in [6.07, 6.45) is 0.653. The number of alkyl halides is 1. The summed E-state index contributed by atoms with van der Waals surface area (Å²) < 4.78 is 12.6. The van der Waals surface area contributed by atoms with E-state index >= 15 is 0 Å². The Balaban J connectivity index is 0.000000490. The van der Waals surface area contributed by atoms with Gasteiger partial charge in [-0.2, -0.15) is 0 Å². The molecule has 0 aliphatic carbocycles. The van der Waals surface area contributed by atoms with E-state index in [1.165, 1.54) is 0 Å². The Labute approximate surface area is 55.1 Å². The molecule has 1 rings (SSSR count). The van der Waals surface area contributed by atoms with Crippen molar-refractivity contribution in [3.8, 4) is 0 Å². The zero-order chi connectivity index (χ0) is 5.33. The SMILES string of the molecule is CCC1(F)CNC1.Cl. The molecule has 1 nitrogen and oxygen atoms in total. The molecule has 1 aliphatic heterocycles. The van der Waals surface area contributed by atoms with Gasteiger partial charge in [-0.05, 0) is 6.42 Å². The highest BCUT2D eigenvalue weighted by atomic mass is 35.5. The van der Waals surface area contributed by atoms with Gasteiger partial charge in [0.25, 0.3) is 0 Å². The molecule has 1 aliphatic rings. The second-order valence-corrected chi connectivity index (χ2v) is 2.11. The molecule has 0 aromatic rings. The van der Waals surface area contributed by atoms with Gasteiger partial charge in [0.05, 0.1) is 0 Å². The molecule has 0 saturated carbocycles. The number of hydrogen-bond acceptors (Lipinski definition) is 1. The minimum atomic E-state index is -0.847. The van der Waals surface area contributed by atoms with Crippen LogP contribution in [0.1, 0.15) is 13.3 Å². The summed E-state index contributed by atoms with van der Waals surface area (Å²) in [4.78, 5) is 0. The van der Waals surface area contributed by atoms with Crippen molar-refractivity contribution < 1.29 is 4.39 Å². The van der Waals surface area contributed by atoms with Gasteiger partial charge in [0.1, 0.15) is 5.67 Å². The maximum absolute atomic E-state index is 12.6. The van der Waals surface area contributed by atoms with Crippen molar-refractivity contribution in [2.24, 2.45) is 0 Å². The van der Waals surface area contributed by atoms with Crippen LogP contribution in [0, 0.1) is 0 Å². The lowest BCUT2D eigenvalue weighted by Gasteiger charge is -2.33. The number of hydrogen-bond donors (Lipinski definition) is 1. The Bertz CT molecular complexity index is 67.3. The van der Waals surface area contributed by atoms with Gasteiger partial charge in [0.2, 0.25) is 0 Å². The third-order valence-corrected chi connectivity index (χ3v) is 1.52. The highest BCUT2D eigenvalue weighted by Gasteiger charge is 2.34. The standard InChI is InChI=1S/C5H10FN.ClH/c1-2-5(6)3-7-4-5;/h7H,2-4H2,1H3;1H. The second kappa shape index (κ2) is 2.65. The van der Waals surface area contributed by atoms with E-state index < -0.39 is 5.67 Å². The van der Waals surface area contributed by atoms with Gasteiger partial charge in [-0.3, -0.25) is 0 Å². The zero-order valence-corrected chi connectivity index (χ0v) is 5.72. The van der Waals surface area contributed by atoms with Gasteiger partial charge in [0, 0.05) is 13.1 Å². The summed E-state index contributed by atoms with van der Waals surface area (Å²) in [6, 6.07) is 0. The predicted octanol–water partition coefficient (Wildman–Crippen LogP) is 1.13. The molecule has 1 saturated heterocycles. The molecule has 0 aromatic heterocycles. The zero-order valence-electron chi connectivity index (χ0n) is 4.91. The van der Waals surface area contributed by atoms with Crippen LogP contribution in [0.4, 0.5) is 4.39 Å². The van der Waals surface area contributed by atoms with E-state index in [0.29, 0.717) is 19.5 Å². The first-order valence-electron chi connectivity index (χ1n) is 2.66. The highest BCUT2D eigenvalue weighted by Crippen LogP contribution is 2.19. The predicted molar refractivity (Wildman–Crippen MR) is 34.2 cm³/mol. The highest BCUT2D eigenvalue weighted by molar-refractivity contribution is 5.85. The van der Waals surface area contributed by atoms with Gasteiger partial charge >= 0.3 is 0 Å². The summed E-state index contributed by atoms with van der Waals surface area (Å²) in [7, 11) is 0. The monoisotopic (exact) mass is 139 g/mol. The van der Waals surface area contributed by atoms with Crippen LogP contribution in [0.3, 0.4) is 0 Å². The van der Waals surface area contributed by atoms with Crippen LogP contribution < -0.4 is 5.32 Å². The summed E-state index contributed by atoms with van der Waals surface area (Å²) in [5, 5.41) is 2.88. The summed E-state index contributed by atoms with van der Waals surface area (Å²) in [6.45, 7) is 2.99. The summed E-state index contributed by atoms with van der Waals surface area (Å²) in [5.74, 6) is 0.